The molecule has 1 aliphatic heterocycles. The zero-order valence-corrected chi connectivity index (χ0v) is 29.2. The van der Waals surface area contributed by atoms with E-state index in [0.29, 0.717) is 0 Å². The molecule has 1 atom stereocenters. The van der Waals surface area contributed by atoms with Crippen LogP contribution in [0.1, 0.15) is 38.8 Å². The van der Waals surface area contributed by atoms with Crippen molar-refractivity contribution in [2.24, 2.45) is 5.41 Å². The molecule has 0 aromatic heterocycles. The van der Waals surface area contributed by atoms with Gasteiger partial charge in [-0.1, -0.05) is 143 Å². The van der Waals surface area contributed by atoms with E-state index in [4.69, 9.17) is 0 Å². The third-order valence-corrected chi connectivity index (χ3v) is 10.7. The van der Waals surface area contributed by atoms with Crippen LogP contribution in [-0.2, 0) is 5.41 Å². The molecule has 0 fully saturated rings. The number of para-hydroxylation sites is 3. The van der Waals surface area contributed by atoms with E-state index >= 15 is 0 Å². The molecule has 0 bridgehead atoms. The molecule has 0 spiro atoms. The minimum absolute atomic E-state index is 0.0445. The molecule has 0 aliphatic carbocycles. The Morgan fingerprint density at radius 3 is 1.62 bits per heavy atom. The third-order valence-electron chi connectivity index (χ3n) is 10.7. The Bertz CT molecular complexity index is 2250. The van der Waals surface area contributed by atoms with Crippen molar-refractivity contribution >= 4 is 34.1 Å². The van der Waals surface area contributed by atoms with Crippen LogP contribution in [0.3, 0.4) is 0 Å². The normalized spacial score (nSPS) is 15.2. The van der Waals surface area contributed by atoms with Gasteiger partial charge in [-0.3, -0.25) is 0 Å². The van der Waals surface area contributed by atoms with Gasteiger partial charge in [0, 0.05) is 28.2 Å². The van der Waals surface area contributed by atoms with Crippen molar-refractivity contribution in [1.29, 1.82) is 0 Å². The van der Waals surface area contributed by atoms with E-state index in [9.17, 15) is 0 Å². The molecule has 0 saturated heterocycles. The monoisotopic (exact) mass is 646 g/mol. The van der Waals surface area contributed by atoms with Gasteiger partial charge in [0.05, 0.1) is 11.4 Å². The number of hydrogen-bond donors (Lipinski definition) is 0. The lowest BCUT2D eigenvalue weighted by atomic mass is 9.58. The molecule has 7 aromatic carbocycles. The van der Waals surface area contributed by atoms with E-state index in [2.05, 4.69) is 219 Å². The van der Waals surface area contributed by atoms with Gasteiger partial charge in [-0.2, -0.15) is 0 Å². The van der Waals surface area contributed by atoms with Crippen LogP contribution in [0.25, 0.3) is 22.3 Å². The molecule has 1 heterocycles. The number of anilines is 6. The van der Waals surface area contributed by atoms with Crippen molar-refractivity contribution < 1.29 is 0 Å². The maximum absolute atomic E-state index is 2.45. The molecule has 7 aromatic rings. The summed E-state index contributed by atoms with van der Waals surface area (Å²) in [4.78, 5) is 4.79. The Hall–Kier alpha value is -5.86. The molecule has 0 amide bonds. The minimum atomic E-state index is -0.228. The van der Waals surface area contributed by atoms with Gasteiger partial charge in [0.25, 0.3) is 0 Å². The first-order valence-corrected chi connectivity index (χ1v) is 17.5. The number of nitrogens with zero attached hydrogens (tertiary/aromatic N) is 2. The lowest BCUT2D eigenvalue weighted by Crippen LogP contribution is -2.43. The summed E-state index contributed by atoms with van der Waals surface area (Å²) in [6.45, 7) is 9.56. The van der Waals surface area contributed by atoms with Gasteiger partial charge in [-0.05, 0) is 106 Å². The van der Waals surface area contributed by atoms with Crippen LogP contribution in [0.2, 0.25) is 0 Å². The average Bonchev–Trinajstić information content (AvgIpc) is 3.16. The van der Waals surface area contributed by atoms with Crippen LogP contribution >= 0.6 is 0 Å². The summed E-state index contributed by atoms with van der Waals surface area (Å²) < 4.78 is 0. The zero-order chi connectivity index (χ0) is 34.3. The fourth-order valence-corrected chi connectivity index (χ4v) is 7.62. The van der Waals surface area contributed by atoms with E-state index in [1.807, 2.05) is 0 Å². The summed E-state index contributed by atoms with van der Waals surface area (Å²) >= 11 is 0. The molecule has 1 aliphatic rings. The summed E-state index contributed by atoms with van der Waals surface area (Å²) in [6, 6.07) is 65.9. The highest BCUT2D eigenvalue weighted by Crippen LogP contribution is 2.58. The average molecular weight is 647 g/mol. The second-order valence-corrected chi connectivity index (χ2v) is 14.4. The predicted octanol–water partition coefficient (Wildman–Crippen LogP) is 13.6. The highest BCUT2D eigenvalue weighted by Gasteiger charge is 2.47. The number of fused-ring (bicyclic) bond motifs is 2. The highest BCUT2D eigenvalue weighted by atomic mass is 15.2. The molecule has 244 valence electrons. The molecule has 1 unspecified atom stereocenters. The molecule has 2 heteroatoms. The first-order valence-electron chi connectivity index (χ1n) is 17.5. The predicted molar refractivity (Wildman–Crippen MR) is 213 cm³/mol. The van der Waals surface area contributed by atoms with E-state index in [1.165, 1.54) is 50.4 Å². The maximum Gasteiger partial charge on any atom is 0.0503 e. The van der Waals surface area contributed by atoms with Crippen molar-refractivity contribution in [2.45, 2.75) is 33.1 Å². The van der Waals surface area contributed by atoms with Gasteiger partial charge in [-0.15, -0.1) is 0 Å². The number of rotatable bonds is 6. The largest absolute Gasteiger partial charge is 0.310 e. The SMILES string of the molecule is CC(C)(C)C1(C)c2ccccc2N(c2ccccc2)c2ccc(-c3cccc(N(c4ccccc4)c4ccc(-c5ccccc5)cc4)c3)cc21. The number of hydrogen-bond acceptors (Lipinski definition) is 2. The van der Waals surface area contributed by atoms with Crippen LogP contribution in [-0.4, -0.2) is 0 Å². The minimum Gasteiger partial charge on any atom is -0.310 e. The smallest absolute Gasteiger partial charge is 0.0503 e. The lowest BCUT2D eigenvalue weighted by molar-refractivity contribution is 0.248. The Morgan fingerprint density at radius 2 is 0.920 bits per heavy atom. The van der Waals surface area contributed by atoms with E-state index < -0.39 is 0 Å². The van der Waals surface area contributed by atoms with Gasteiger partial charge >= 0.3 is 0 Å². The van der Waals surface area contributed by atoms with Crippen molar-refractivity contribution in [1.82, 2.24) is 0 Å². The molecular weight excluding hydrogens is 605 g/mol. The van der Waals surface area contributed by atoms with Gasteiger partial charge in [-0.25, -0.2) is 0 Å². The van der Waals surface area contributed by atoms with Gasteiger partial charge in [0.15, 0.2) is 0 Å². The Kier molecular flexibility index (Phi) is 7.88. The van der Waals surface area contributed by atoms with E-state index in [0.717, 1.165) is 17.1 Å². The summed E-state index contributed by atoms with van der Waals surface area (Å²) in [5, 5.41) is 0. The molecule has 0 saturated carbocycles. The van der Waals surface area contributed by atoms with Crippen LogP contribution in [0.5, 0.6) is 0 Å². The molecule has 2 nitrogen and oxygen atoms in total. The summed E-state index contributed by atoms with van der Waals surface area (Å²) in [5.41, 5.74) is 14.3. The summed E-state index contributed by atoms with van der Waals surface area (Å²) in [6.07, 6.45) is 0. The van der Waals surface area contributed by atoms with Crippen molar-refractivity contribution in [2.75, 3.05) is 9.80 Å². The Labute approximate surface area is 296 Å². The van der Waals surface area contributed by atoms with Crippen LogP contribution in [0.4, 0.5) is 34.1 Å². The van der Waals surface area contributed by atoms with Gasteiger partial charge in [0.2, 0.25) is 0 Å². The quantitative estimate of drug-likeness (QED) is 0.177. The molecule has 0 N–H and O–H groups in total. The fourth-order valence-electron chi connectivity index (χ4n) is 7.62. The first-order chi connectivity index (χ1) is 24.3. The Morgan fingerprint density at radius 1 is 0.420 bits per heavy atom. The molecular formula is C48H42N2. The first kappa shape index (κ1) is 31.4. The summed E-state index contributed by atoms with van der Waals surface area (Å²) in [5.74, 6) is 0. The van der Waals surface area contributed by atoms with E-state index in [1.54, 1.807) is 0 Å². The van der Waals surface area contributed by atoms with Gasteiger partial charge < -0.3 is 9.80 Å². The van der Waals surface area contributed by atoms with Crippen molar-refractivity contribution in [3.63, 3.8) is 0 Å². The second kappa shape index (κ2) is 12.5. The zero-order valence-electron chi connectivity index (χ0n) is 29.2. The Balaban J connectivity index is 1.26. The van der Waals surface area contributed by atoms with Crippen LogP contribution < -0.4 is 9.80 Å². The van der Waals surface area contributed by atoms with Crippen molar-refractivity contribution in [3.05, 3.63) is 193 Å². The van der Waals surface area contributed by atoms with Gasteiger partial charge in [0.1, 0.15) is 0 Å². The highest BCUT2D eigenvalue weighted by molar-refractivity contribution is 5.89. The van der Waals surface area contributed by atoms with Crippen LogP contribution in [0, 0.1) is 5.41 Å². The maximum atomic E-state index is 2.45. The third kappa shape index (κ3) is 5.38. The molecule has 0 radical (unpaired) electrons. The topological polar surface area (TPSA) is 6.48 Å². The lowest BCUT2D eigenvalue weighted by Gasteiger charge is -2.50. The van der Waals surface area contributed by atoms with E-state index in [-0.39, 0.29) is 10.8 Å². The number of benzene rings is 7. The van der Waals surface area contributed by atoms with Crippen LogP contribution in [0.15, 0.2) is 182 Å². The molecule has 8 rings (SSSR count). The standard InChI is InChI=1S/C48H42N2/c1-47(2,3)48(4)43-25-14-15-26-45(43)50(40-22-12-7-13-23-40)46-32-29-38(34-44(46)48)37-19-16-24-42(33-37)49(39-20-10-6-11-21-39)41-30-27-36(28-31-41)35-17-8-5-9-18-35/h5-34H,1-4H3. The summed E-state index contributed by atoms with van der Waals surface area (Å²) in [7, 11) is 0. The molecule has 50 heavy (non-hydrogen) atoms. The fraction of sp³-hybridized carbons (Fsp3) is 0.125. The van der Waals surface area contributed by atoms with Crippen molar-refractivity contribution in [3.8, 4) is 22.3 Å². The second-order valence-electron chi connectivity index (χ2n) is 14.4.